The number of carboxylic acid groups (broad SMARTS) is 1. The molecule has 0 radical (unpaired) electrons. The summed E-state index contributed by atoms with van der Waals surface area (Å²) in [7, 11) is -7.73. The van der Waals surface area contributed by atoms with Gasteiger partial charge in [0.05, 0.1) is 11.5 Å². The molecule has 0 aromatic heterocycles. The second-order valence-corrected chi connectivity index (χ2v) is 8.60. The first-order valence-electron chi connectivity index (χ1n) is 5.69. The van der Waals surface area contributed by atoms with Crippen LogP contribution in [0.2, 0.25) is 0 Å². The molecular weight excluding hydrogens is 339 g/mol. The van der Waals surface area contributed by atoms with Gasteiger partial charge in [-0.3, -0.25) is 4.79 Å². The minimum absolute atomic E-state index is 0.507. The van der Waals surface area contributed by atoms with E-state index in [1.54, 1.807) is 4.72 Å². The van der Waals surface area contributed by atoms with Gasteiger partial charge in [-0.25, -0.2) is 21.6 Å². The Morgan fingerprint density at radius 2 is 1.71 bits per heavy atom. The van der Waals surface area contributed by atoms with Gasteiger partial charge in [-0.15, -0.1) is 0 Å². The molecule has 0 amide bonds. The molecule has 1 atom stereocenters. The predicted molar refractivity (Wildman–Crippen MR) is 68.0 cm³/mol. The lowest BCUT2D eigenvalue weighted by molar-refractivity contribution is -0.139. The van der Waals surface area contributed by atoms with Gasteiger partial charge in [-0.1, -0.05) is 0 Å². The maximum atomic E-state index is 11.9. The molecule has 21 heavy (non-hydrogen) atoms. The maximum Gasteiger partial charge on any atom is 0.389 e. The smallest absolute Gasteiger partial charge is 0.389 e. The number of sulfonamides is 1. The standard InChI is InChI=1S/C9H16F3NO6S2/c1-20(16,17)6-3-7(8(14)15)13-21(18,19)5-2-4-9(10,11)12/h7,13H,2-6H2,1H3,(H,14,15). The number of rotatable bonds is 9. The summed E-state index contributed by atoms with van der Waals surface area (Å²) in [6.07, 6.45) is -6.18. The normalized spacial score (nSPS) is 14.9. The third kappa shape index (κ3) is 11.5. The molecule has 7 nitrogen and oxygen atoms in total. The van der Waals surface area contributed by atoms with E-state index in [0.717, 1.165) is 6.26 Å². The third-order valence-corrected chi connectivity index (χ3v) is 4.72. The van der Waals surface area contributed by atoms with Gasteiger partial charge in [0, 0.05) is 12.7 Å². The monoisotopic (exact) mass is 355 g/mol. The van der Waals surface area contributed by atoms with Crippen LogP contribution in [0.4, 0.5) is 13.2 Å². The number of hydrogen-bond acceptors (Lipinski definition) is 5. The van der Waals surface area contributed by atoms with Crippen molar-refractivity contribution in [1.82, 2.24) is 4.72 Å². The number of alkyl halides is 3. The van der Waals surface area contributed by atoms with Crippen molar-refractivity contribution in [2.75, 3.05) is 17.8 Å². The summed E-state index contributed by atoms with van der Waals surface area (Å²) in [5, 5.41) is 8.79. The third-order valence-electron chi connectivity index (χ3n) is 2.27. The first kappa shape index (κ1) is 20.1. The molecule has 0 aliphatic rings. The quantitative estimate of drug-likeness (QED) is 0.607. The van der Waals surface area contributed by atoms with Crippen molar-refractivity contribution in [1.29, 1.82) is 0 Å². The van der Waals surface area contributed by atoms with Crippen molar-refractivity contribution < 1.29 is 39.9 Å². The number of hydrogen-bond donors (Lipinski definition) is 2. The van der Waals surface area contributed by atoms with E-state index in [1.165, 1.54) is 0 Å². The molecular formula is C9H16F3NO6S2. The van der Waals surface area contributed by atoms with E-state index in [2.05, 4.69) is 0 Å². The largest absolute Gasteiger partial charge is 0.480 e. The molecule has 0 bridgehead atoms. The average molecular weight is 355 g/mol. The minimum Gasteiger partial charge on any atom is -0.480 e. The molecule has 0 saturated carbocycles. The van der Waals surface area contributed by atoms with Gasteiger partial charge in [0.15, 0.2) is 0 Å². The molecule has 0 spiro atoms. The highest BCUT2D eigenvalue weighted by Crippen LogP contribution is 2.21. The van der Waals surface area contributed by atoms with Crippen LogP contribution in [0.3, 0.4) is 0 Å². The van der Waals surface area contributed by atoms with Gasteiger partial charge in [0.1, 0.15) is 15.9 Å². The van der Waals surface area contributed by atoms with Crippen LogP contribution in [0.1, 0.15) is 19.3 Å². The Morgan fingerprint density at radius 1 is 1.19 bits per heavy atom. The SMILES string of the molecule is CS(=O)(=O)CCC(NS(=O)(=O)CCCC(F)(F)F)C(=O)O. The van der Waals surface area contributed by atoms with E-state index in [4.69, 9.17) is 5.11 Å². The van der Waals surface area contributed by atoms with Gasteiger partial charge < -0.3 is 5.11 Å². The lowest BCUT2D eigenvalue weighted by Gasteiger charge is -2.14. The van der Waals surface area contributed by atoms with E-state index in [-0.39, 0.29) is 0 Å². The molecule has 2 N–H and O–H groups in total. The van der Waals surface area contributed by atoms with E-state index >= 15 is 0 Å². The van der Waals surface area contributed by atoms with Gasteiger partial charge in [0.2, 0.25) is 10.0 Å². The summed E-state index contributed by atoms with van der Waals surface area (Å²) < 4.78 is 82.1. The second kappa shape index (κ2) is 7.40. The summed E-state index contributed by atoms with van der Waals surface area (Å²) in [6, 6.07) is -1.70. The number of carboxylic acids is 1. The molecule has 0 rings (SSSR count). The average Bonchev–Trinajstić information content (AvgIpc) is 2.20. The fourth-order valence-electron chi connectivity index (χ4n) is 1.30. The van der Waals surface area contributed by atoms with Crippen molar-refractivity contribution in [3.05, 3.63) is 0 Å². The molecule has 0 heterocycles. The number of nitrogens with one attached hydrogen (secondary N) is 1. The number of carbonyl (C=O) groups is 1. The fraction of sp³-hybridized carbons (Fsp3) is 0.889. The zero-order valence-corrected chi connectivity index (χ0v) is 12.7. The lowest BCUT2D eigenvalue weighted by atomic mass is 10.2. The minimum atomic E-state index is -4.50. The summed E-state index contributed by atoms with van der Waals surface area (Å²) >= 11 is 0. The summed E-state index contributed by atoms with van der Waals surface area (Å²) in [6.45, 7) is 0. The predicted octanol–water partition coefficient (Wildman–Crippen LogP) is 0.136. The number of halogens is 3. The lowest BCUT2D eigenvalue weighted by Crippen LogP contribution is -2.42. The van der Waals surface area contributed by atoms with Crippen LogP contribution >= 0.6 is 0 Å². The van der Waals surface area contributed by atoms with Crippen LogP contribution in [-0.2, 0) is 24.7 Å². The maximum absolute atomic E-state index is 11.9. The molecule has 0 aromatic carbocycles. The first-order chi connectivity index (χ1) is 9.22. The zero-order valence-electron chi connectivity index (χ0n) is 11.1. The molecule has 0 saturated heterocycles. The van der Waals surface area contributed by atoms with Crippen LogP contribution < -0.4 is 4.72 Å². The van der Waals surface area contributed by atoms with Crippen LogP contribution in [0.5, 0.6) is 0 Å². The number of sulfone groups is 1. The Hall–Kier alpha value is -0.880. The van der Waals surface area contributed by atoms with Crippen molar-refractivity contribution in [2.45, 2.75) is 31.5 Å². The fourth-order valence-corrected chi connectivity index (χ4v) is 3.26. The molecule has 1 unspecified atom stereocenters. The van der Waals surface area contributed by atoms with Gasteiger partial charge in [-0.05, 0) is 12.8 Å². The highest BCUT2D eigenvalue weighted by atomic mass is 32.2. The molecule has 0 aliphatic carbocycles. The molecule has 0 aromatic rings. The Bertz CT molecular complexity index is 555. The summed E-state index contributed by atoms with van der Waals surface area (Å²) in [5.74, 6) is -3.05. The van der Waals surface area contributed by atoms with Crippen LogP contribution in [0, 0.1) is 0 Å². The van der Waals surface area contributed by atoms with Gasteiger partial charge >= 0.3 is 12.1 Å². The Balaban J connectivity index is 4.59. The Kier molecular flexibility index (Phi) is 7.09. The summed E-state index contributed by atoms with van der Waals surface area (Å²) in [4.78, 5) is 10.8. The van der Waals surface area contributed by atoms with Crippen LogP contribution in [0.25, 0.3) is 0 Å². The second-order valence-electron chi connectivity index (χ2n) is 4.46. The Labute approximate surface area is 120 Å². The van der Waals surface area contributed by atoms with E-state index in [1.807, 2.05) is 0 Å². The first-order valence-corrected chi connectivity index (χ1v) is 9.40. The Morgan fingerprint density at radius 3 is 2.10 bits per heavy atom. The molecule has 12 heteroatoms. The molecule has 0 fully saturated rings. The van der Waals surface area contributed by atoms with E-state index in [9.17, 15) is 34.8 Å². The van der Waals surface area contributed by atoms with E-state index in [0.29, 0.717) is 0 Å². The number of aliphatic carboxylic acids is 1. The van der Waals surface area contributed by atoms with Crippen LogP contribution in [0.15, 0.2) is 0 Å². The van der Waals surface area contributed by atoms with Crippen molar-refractivity contribution >= 4 is 25.8 Å². The zero-order chi connectivity index (χ0) is 16.9. The van der Waals surface area contributed by atoms with Gasteiger partial charge in [-0.2, -0.15) is 13.2 Å². The molecule has 126 valence electrons. The van der Waals surface area contributed by atoms with Crippen molar-refractivity contribution in [3.8, 4) is 0 Å². The summed E-state index contributed by atoms with van der Waals surface area (Å²) in [5.41, 5.74) is 0. The van der Waals surface area contributed by atoms with E-state index < -0.39 is 68.8 Å². The van der Waals surface area contributed by atoms with Gasteiger partial charge in [0.25, 0.3) is 0 Å². The highest BCUT2D eigenvalue weighted by molar-refractivity contribution is 7.90. The highest BCUT2D eigenvalue weighted by Gasteiger charge is 2.29. The van der Waals surface area contributed by atoms with Crippen LogP contribution in [-0.4, -0.2) is 57.9 Å². The molecule has 0 aliphatic heterocycles. The topological polar surface area (TPSA) is 118 Å². The van der Waals surface area contributed by atoms with Crippen molar-refractivity contribution in [3.63, 3.8) is 0 Å². The van der Waals surface area contributed by atoms with Crippen molar-refractivity contribution in [2.24, 2.45) is 0 Å².